The predicted octanol–water partition coefficient (Wildman–Crippen LogP) is 3.88. The van der Waals surface area contributed by atoms with Crippen LogP contribution in [0.2, 0.25) is 0 Å². The van der Waals surface area contributed by atoms with Gasteiger partial charge in [0.2, 0.25) is 17.8 Å². The van der Waals surface area contributed by atoms with Gasteiger partial charge in [0.25, 0.3) is 0 Å². The molecule has 188 valence electrons. The fourth-order valence-corrected chi connectivity index (χ4v) is 3.87. The van der Waals surface area contributed by atoms with Gasteiger partial charge in [-0.3, -0.25) is 9.59 Å². The first-order valence-electron chi connectivity index (χ1n) is 11.8. The molecule has 1 fully saturated rings. The number of rotatable bonds is 10. The molecule has 1 aliphatic carbocycles. The molecule has 0 bridgehead atoms. The van der Waals surface area contributed by atoms with Crippen LogP contribution >= 0.6 is 0 Å². The maximum atomic E-state index is 14.5. The Morgan fingerprint density at radius 2 is 2.11 bits per heavy atom. The maximum Gasteiger partial charge on any atom is 0.247 e. The third kappa shape index (κ3) is 6.47. The fourth-order valence-electron chi connectivity index (χ4n) is 3.87. The molecule has 9 nitrogen and oxygen atoms in total. The number of aromatic nitrogens is 2. The summed E-state index contributed by atoms with van der Waals surface area (Å²) in [5.74, 6) is 0.274. The van der Waals surface area contributed by atoms with E-state index in [-0.39, 0.29) is 29.5 Å². The van der Waals surface area contributed by atoms with Gasteiger partial charge in [-0.25, -0.2) is 9.37 Å². The number of benzene rings is 1. The van der Waals surface area contributed by atoms with Crippen molar-refractivity contribution in [2.24, 2.45) is 5.92 Å². The molecule has 2 heterocycles. The van der Waals surface area contributed by atoms with E-state index in [0.717, 1.165) is 24.9 Å². The molecule has 4 rings (SSSR count). The van der Waals surface area contributed by atoms with E-state index in [1.54, 1.807) is 30.3 Å². The maximum absolute atomic E-state index is 14.5. The molecule has 0 spiro atoms. The number of amides is 2. The van der Waals surface area contributed by atoms with Crippen LogP contribution in [0.25, 0.3) is 0 Å². The highest BCUT2D eigenvalue weighted by Gasteiger charge is 2.20. The van der Waals surface area contributed by atoms with Crippen LogP contribution in [-0.2, 0) is 9.59 Å². The average molecular weight is 493 g/mol. The lowest BCUT2D eigenvalue weighted by Gasteiger charge is -2.22. The van der Waals surface area contributed by atoms with Crippen molar-refractivity contribution in [2.75, 3.05) is 30.3 Å². The van der Waals surface area contributed by atoms with Crippen LogP contribution in [-0.4, -0.2) is 46.4 Å². The third-order valence-electron chi connectivity index (χ3n) is 5.90. The minimum atomic E-state index is -0.597. The highest BCUT2D eigenvalue weighted by Crippen LogP contribution is 2.26. The van der Waals surface area contributed by atoms with Crippen molar-refractivity contribution in [1.29, 1.82) is 0 Å². The predicted molar refractivity (Wildman–Crippen MR) is 135 cm³/mol. The second-order valence-electron chi connectivity index (χ2n) is 8.59. The van der Waals surface area contributed by atoms with Gasteiger partial charge in [-0.1, -0.05) is 19.6 Å². The Bertz CT molecular complexity index is 1190. The Balaban J connectivity index is 1.36. The summed E-state index contributed by atoms with van der Waals surface area (Å²) in [6.45, 7) is 7.24. The van der Waals surface area contributed by atoms with E-state index in [0.29, 0.717) is 43.1 Å². The number of allylic oxidation sites excluding steroid dienone is 3. The lowest BCUT2D eigenvalue weighted by atomic mass is 9.97. The van der Waals surface area contributed by atoms with E-state index in [1.165, 1.54) is 6.08 Å². The van der Waals surface area contributed by atoms with E-state index >= 15 is 0 Å². The van der Waals surface area contributed by atoms with Crippen LogP contribution in [0.5, 0.6) is 5.75 Å². The Labute approximate surface area is 209 Å². The zero-order valence-corrected chi connectivity index (χ0v) is 20.1. The molecule has 1 unspecified atom stereocenters. The smallest absolute Gasteiger partial charge is 0.247 e. The van der Waals surface area contributed by atoms with Crippen molar-refractivity contribution in [1.82, 2.24) is 20.2 Å². The molecule has 10 heteroatoms. The monoisotopic (exact) mass is 492 g/mol. The number of nitrogens with zero attached hydrogens (tertiary/aromatic N) is 3. The number of nitrogens with one attached hydrogen (secondary N) is 3. The largest absolute Gasteiger partial charge is 0.492 e. The van der Waals surface area contributed by atoms with Gasteiger partial charge in [0, 0.05) is 30.0 Å². The van der Waals surface area contributed by atoms with Gasteiger partial charge in [0.15, 0.2) is 11.6 Å². The molecule has 1 atom stereocenters. The number of hydrogen-bond donors (Lipinski definition) is 3. The van der Waals surface area contributed by atoms with Gasteiger partial charge < -0.3 is 25.6 Å². The molecule has 1 aromatic carbocycles. The van der Waals surface area contributed by atoms with Crippen LogP contribution < -0.4 is 20.7 Å². The lowest BCUT2D eigenvalue weighted by molar-refractivity contribution is -0.128. The summed E-state index contributed by atoms with van der Waals surface area (Å²) in [6, 6.07) is 7.22. The second kappa shape index (κ2) is 11.5. The minimum absolute atomic E-state index is 0.0262. The van der Waals surface area contributed by atoms with Crippen molar-refractivity contribution in [3.05, 3.63) is 72.5 Å². The van der Waals surface area contributed by atoms with Crippen molar-refractivity contribution in [2.45, 2.75) is 26.2 Å². The number of carbonyl (C=O) groups excluding carboxylic acids is 2. The topological polar surface area (TPSA) is 108 Å². The van der Waals surface area contributed by atoms with E-state index in [9.17, 15) is 14.0 Å². The molecule has 1 aromatic heterocycles. The van der Waals surface area contributed by atoms with Gasteiger partial charge >= 0.3 is 0 Å². The lowest BCUT2D eigenvalue weighted by Crippen LogP contribution is -2.29. The molecule has 3 N–H and O–H groups in total. The molecule has 36 heavy (non-hydrogen) atoms. The van der Waals surface area contributed by atoms with Gasteiger partial charge in [-0.15, -0.1) is 0 Å². The molecule has 2 aromatic rings. The van der Waals surface area contributed by atoms with Crippen LogP contribution in [0.15, 0.2) is 66.7 Å². The van der Waals surface area contributed by atoms with Crippen molar-refractivity contribution < 1.29 is 18.7 Å². The number of anilines is 3. The van der Waals surface area contributed by atoms with Crippen LogP contribution in [0.4, 0.5) is 21.8 Å². The zero-order chi connectivity index (χ0) is 25.5. The summed E-state index contributed by atoms with van der Waals surface area (Å²) >= 11 is 0. The van der Waals surface area contributed by atoms with Gasteiger partial charge in [0.05, 0.1) is 12.7 Å². The Hall–Kier alpha value is -4.21. The molecular weight excluding hydrogens is 463 g/mol. The first-order valence-corrected chi connectivity index (χ1v) is 11.8. The summed E-state index contributed by atoms with van der Waals surface area (Å²) in [7, 11) is 0. The number of halogens is 1. The van der Waals surface area contributed by atoms with Crippen LogP contribution in [0, 0.1) is 11.7 Å². The summed E-state index contributed by atoms with van der Waals surface area (Å²) in [5.41, 5.74) is 2.04. The van der Waals surface area contributed by atoms with E-state index < -0.39 is 5.82 Å². The van der Waals surface area contributed by atoms with Crippen LogP contribution in [0.1, 0.15) is 26.2 Å². The first-order chi connectivity index (χ1) is 17.4. The van der Waals surface area contributed by atoms with Crippen molar-refractivity contribution in [3.63, 3.8) is 0 Å². The molecule has 2 aliphatic rings. The number of ether oxygens (including phenoxy) is 1. The number of hydrogen-bond acceptors (Lipinski definition) is 7. The highest BCUT2D eigenvalue weighted by molar-refractivity contribution is 5.88. The van der Waals surface area contributed by atoms with Gasteiger partial charge in [-0.2, -0.15) is 4.98 Å². The summed E-state index contributed by atoms with van der Waals surface area (Å²) in [5, 5.41) is 8.81. The summed E-state index contributed by atoms with van der Waals surface area (Å²) in [4.78, 5) is 33.4. The summed E-state index contributed by atoms with van der Waals surface area (Å²) in [6.07, 6.45) is 8.14. The SMILES string of the molecule is C=CC(=O)NC1=CCC(C)C(Nc2nc(Nc3ccc(OCCN4CCCC4=O)cc3)ncc2F)=C1. The quantitative estimate of drug-likeness (QED) is 0.432. The molecule has 1 aliphatic heterocycles. The van der Waals surface area contributed by atoms with Gasteiger partial charge in [-0.05, 0) is 55.2 Å². The zero-order valence-electron chi connectivity index (χ0n) is 20.1. The van der Waals surface area contributed by atoms with E-state index in [1.807, 2.05) is 17.9 Å². The Morgan fingerprint density at radius 1 is 1.31 bits per heavy atom. The summed E-state index contributed by atoms with van der Waals surface area (Å²) < 4.78 is 20.2. The average Bonchev–Trinajstić information content (AvgIpc) is 3.28. The highest BCUT2D eigenvalue weighted by atomic mass is 19.1. The standard InChI is InChI=1S/C26H29FN6O3/c1-3-23(34)29-19-7-6-17(2)22(15-19)31-25-21(27)16-28-26(32-25)30-18-8-10-20(11-9-18)36-14-13-33-12-4-5-24(33)35/h3,7-11,15-17H,1,4-6,12-14H2,2H3,(H,29,34)(H2,28,30,31,32). The molecular formula is C26H29FN6O3. The third-order valence-corrected chi connectivity index (χ3v) is 5.90. The Kier molecular flexibility index (Phi) is 7.94. The molecule has 0 saturated carbocycles. The van der Waals surface area contributed by atoms with E-state index in [4.69, 9.17) is 4.74 Å². The molecule has 0 radical (unpaired) electrons. The first kappa shape index (κ1) is 24.9. The fraction of sp³-hybridized carbons (Fsp3) is 0.308. The van der Waals surface area contributed by atoms with Crippen molar-refractivity contribution >= 4 is 29.3 Å². The molecule has 2 amide bonds. The number of carbonyl (C=O) groups is 2. The minimum Gasteiger partial charge on any atom is -0.492 e. The normalized spacial score (nSPS) is 17.2. The van der Waals surface area contributed by atoms with Crippen LogP contribution in [0.3, 0.4) is 0 Å². The van der Waals surface area contributed by atoms with Crippen molar-refractivity contribution in [3.8, 4) is 5.75 Å². The van der Waals surface area contributed by atoms with Gasteiger partial charge in [0.1, 0.15) is 12.4 Å². The number of likely N-dealkylation sites (tertiary alicyclic amines) is 1. The van der Waals surface area contributed by atoms with E-state index in [2.05, 4.69) is 32.5 Å². The second-order valence-corrected chi connectivity index (χ2v) is 8.59. The molecule has 1 saturated heterocycles. The Morgan fingerprint density at radius 3 is 2.83 bits per heavy atom.